The van der Waals surface area contributed by atoms with Gasteiger partial charge in [0, 0.05) is 0 Å². The van der Waals surface area contributed by atoms with E-state index in [0.717, 1.165) is 12.0 Å². The number of hydrogen-bond donors (Lipinski definition) is 0. The average Bonchev–Trinajstić information content (AvgIpc) is 1.81. The summed E-state index contributed by atoms with van der Waals surface area (Å²) in [4.78, 5) is 0. The zero-order valence-electron chi connectivity index (χ0n) is 3.83. The van der Waals surface area contributed by atoms with Crippen LogP contribution in [-0.4, -0.2) is 5.94 Å². The number of nitrogens with zero attached hydrogens (tertiary/aromatic N) is 2. The molecule has 42 valence electrons. The van der Waals surface area contributed by atoms with Gasteiger partial charge in [0.15, 0.2) is 5.94 Å². The highest BCUT2D eigenvalue weighted by molar-refractivity contribution is 7.94. The van der Waals surface area contributed by atoms with Crippen LogP contribution in [0.5, 0.6) is 0 Å². The molecule has 0 atom stereocenters. The molecule has 0 heterocycles. The van der Waals surface area contributed by atoms with Crippen LogP contribution in [0, 0.1) is 23.0 Å². The molecule has 0 bridgehead atoms. The smallest absolute Gasteiger partial charge is 0.299 e. The second-order valence-electron chi connectivity index (χ2n) is 0.646. The third-order valence-corrected chi connectivity index (χ3v) is 0.674. The van der Waals surface area contributed by atoms with Crippen molar-refractivity contribution in [3.05, 3.63) is 0 Å². The van der Waals surface area contributed by atoms with Crippen molar-refractivity contribution in [3.63, 3.8) is 0 Å². The predicted molar refractivity (Wildman–Crippen MR) is 25.9 cm³/mol. The first-order chi connectivity index (χ1) is 3.91. The zero-order valence-corrected chi connectivity index (χ0v) is 4.64. The Hall–Kier alpha value is -1.07. The van der Waals surface area contributed by atoms with Crippen LogP contribution in [0.4, 0.5) is 0 Å². The fraction of sp³-hybridized carbons (Fsp3) is 0.333. The average molecular weight is 130 g/mol. The molecule has 0 rings (SSSR count). The number of ether oxygens (including phenoxy) is 1. The van der Waals surface area contributed by atoms with Crippen LogP contribution in [0.2, 0.25) is 0 Å². The Bertz CT molecular complexity index is 108. The maximum absolute atomic E-state index is 7.74. The largest absolute Gasteiger partial charge is 0.413 e. The molecule has 5 heteroatoms. The van der Waals surface area contributed by atoms with Gasteiger partial charge in [-0.25, -0.2) is 0 Å². The third kappa shape index (κ3) is 4.93. The Morgan fingerprint density at radius 3 is 2.62 bits per heavy atom. The summed E-state index contributed by atoms with van der Waals surface area (Å²) in [5.74, 6) is 0.0596. The van der Waals surface area contributed by atoms with Crippen LogP contribution in [0.1, 0.15) is 0 Å². The van der Waals surface area contributed by atoms with E-state index in [1.807, 2.05) is 0 Å². The molecular formula is C3H2N2O2S. The molecule has 0 spiro atoms. The van der Waals surface area contributed by atoms with Gasteiger partial charge < -0.3 is 8.92 Å². The molecule has 8 heavy (non-hydrogen) atoms. The van der Waals surface area contributed by atoms with Crippen LogP contribution >= 0.6 is 12.0 Å². The van der Waals surface area contributed by atoms with E-state index in [4.69, 9.17) is 10.5 Å². The van der Waals surface area contributed by atoms with Gasteiger partial charge in [-0.3, -0.25) is 0 Å². The first kappa shape index (κ1) is 6.93. The predicted octanol–water partition coefficient (Wildman–Crippen LogP) is 0.587. The summed E-state index contributed by atoms with van der Waals surface area (Å²) in [6, 6.07) is 0. The quantitative estimate of drug-likeness (QED) is 0.242. The lowest BCUT2D eigenvalue weighted by Crippen LogP contribution is -1.78. The first-order valence-electron chi connectivity index (χ1n) is 1.60. The molecule has 0 radical (unpaired) electrons. The van der Waals surface area contributed by atoms with Crippen molar-refractivity contribution < 1.29 is 8.92 Å². The monoisotopic (exact) mass is 130 g/mol. The minimum Gasteiger partial charge on any atom is -0.413 e. The highest BCUT2D eigenvalue weighted by Crippen LogP contribution is 1.98. The lowest BCUT2D eigenvalue weighted by atomic mass is 11.5. The molecule has 0 fully saturated rings. The summed E-state index contributed by atoms with van der Waals surface area (Å²) in [5.41, 5.74) is 0. The molecule has 0 N–H and O–H groups in total. The number of hydrogen-bond acceptors (Lipinski definition) is 5. The fourth-order valence-corrected chi connectivity index (χ4v) is 0.302. The Kier molecular flexibility index (Phi) is 5.14. The Balaban J connectivity index is 2.77. The lowest BCUT2D eigenvalue weighted by Gasteiger charge is -1.87. The minimum absolute atomic E-state index is 0.0596. The van der Waals surface area contributed by atoms with E-state index in [2.05, 4.69) is 8.92 Å². The Morgan fingerprint density at radius 2 is 2.12 bits per heavy atom. The normalized spacial score (nSPS) is 6.25. The molecular weight excluding hydrogens is 128 g/mol. The van der Waals surface area contributed by atoms with Crippen LogP contribution in [-0.2, 0) is 8.92 Å². The summed E-state index contributed by atoms with van der Waals surface area (Å²) < 4.78 is 8.21. The van der Waals surface area contributed by atoms with E-state index in [9.17, 15) is 0 Å². The second-order valence-corrected chi connectivity index (χ2v) is 1.28. The molecule has 0 aromatic rings. The fourth-order valence-electron chi connectivity index (χ4n) is 0.101. The molecule has 4 nitrogen and oxygen atoms in total. The van der Waals surface area contributed by atoms with Crippen molar-refractivity contribution in [1.29, 1.82) is 10.5 Å². The van der Waals surface area contributed by atoms with Gasteiger partial charge in [-0.15, -0.1) is 5.26 Å². The second kappa shape index (κ2) is 5.93. The van der Waals surface area contributed by atoms with Gasteiger partial charge in [0.2, 0.25) is 0 Å². The summed E-state index contributed by atoms with van der Waals surface area (Å²) in [6.07, 6.45) is 2.82. The van der Waals surface area contributed by atoms with Crippen molar-refractivity contribution in [3.8, 4) is 12.5 Å². The van der Waals surface area contributed by atoms with Gasteiger partial charge in [0.25, 0.3) is 12.5 Å². The SMILES string of the molecule is N#COCSOC#N. The zero-order chi connectivity index (χ0) is 6.24. The minimum atomic E-state index is 0.0596. The highest BCUT2D eigenvalue weighted by Gasteiger charge is 1.83. The van der Waals surface area contributed by atoms with Crippen molar-refractivity contribution >= 4 is 12.0 Å². The van der Waals surface area contributed by atoms with Gasteiger partial charge in [-0.1, -0.05) is 0 Å². The van der Waals surface area contributed by atoms with E-state index in [-0.39, 0.29) is 5.94 Å². The number of rotatable bonds is 3. The van der Waals surface area contributed by atoms with Gasteiger partial charge in [0.05, 0.1) is 0 Å². The summed E-state index contributed by atoms with van der Waals surface area (Å²) in [5, 5.41) is 15.5. The Morgan fingerprint density at radius 1 is 1.38 bits per heavy atom. The molecule has 0 saturated heterocycles. The molecule has 0 aliphatic rings. The van der Waals surface area contributed by atoms with Crippen molar-refractivity contribution in [1.82, 2.24) is 0 Å². The van der Waals surface area contributed by atoms with Crippen LogP contribution in [0.3, 0.4) is 0 Å². The van der Waals surface area contributed by atoms with Crippen LogP contribution < -0.4 is 0 Å². The van der Waals surface area contributed by atoms with Gasteiger partial charge in [-0.2, -0.15) is 5.26 Å². The van der Waals surface area contributed by atoms with E-state index >= 15 is 0 Å². The molecule has 0 aromatic heterocycles. The van der Waals surface area contributed by atoms with E-state index in [0.29, 0.717) is 0 Å². The van der Waals surface area contributed by atoms with E-state index in [1.54, 1.807) is 0 Å². The third-order valence-electron chi connectivity index (χ3n) is 0.268. The molecule has 0 aromatic carbocycles. The summed E-state index contributed by atoms with van der Waals surface area (Å²) in [6.45, 7) is 0. The van der Waals surface area contributed by atoms with Crippen LogP contribution in [0.25, 0.3) is 0 Å². The van der Waals surface area contributed by atoms with Crippen molar-refractivity contribution in [2.24, 2.45) is 0 Å². The Labute approximate surface area is 50.8 Å². The number of nitriles is 2. The van der Waals surface area contributed by atoms with E-state index < -0.39 is 0 Å². The standard InChI is InChI=1S/C3H2N2O2S/c4-1-6-3-8-7-2-5/h3H2. The van der Waals surface area contributed by atoms with Crippen LogP contribution in [0.15, 0.2) is 0 Å². The maximum atomic E-state index is 7.74. The van der Waals surface area contributed by atoms with Gasteiger partial charge >= 0.3 is 0 Å². The van der Waals surface area contributed by atoms with Gasteiger partial charge in [0.1, 0.15) is 12.0 Å². The highest BCUT2D eigenvalue weighted by atomic mass is 32.2. The lowest BCUT2D eigenvalue weighted by molar-refractivity contribution is 0.334. The molecule has 0 aliphatic heterocycles. The molecule has 0 saturated carbocycles. The summed E-state index contributed by atoms with van der Waals surface area (Å²) >= 11 is 0.772. The molecule has 0 unspecified atom stereocenters. The molecule has 0 amide bonds. The van der Waals surface area contributed by atoms with E-state index in [1.165, 1.54) is 12.5 Å². The topological polar surface area (TPSA) is 66.0 Å². The van der Waals surface area contributed by atoms with Crippen molar-refractivity contribution in [2.75, 3.05) is 5.94 Å². The van der Waals surface area contributed by atoms with Crippen molar-refractivity contribution in [2.45, 2.75) is 0 Å². The summed E-state index contributed by atoms with van der Waals surface area (Å²) in [7, 11) is 0. The molecule has 0 aliphatic carbocycles. The first-order valence-corrected chi connectivity index (χ1v) is 2.51. The van der Waals surface area contributed by atoms with Gasteiger partial charge in [-0.05, 0) is 0 Å². The maximum Gasteiger partial charge on any atom is 0.299 e.